The molecule has 2 heteroatoms. The molecular formula is C16H17BrO. The second kappa shape index (κ2) is 6.05. The number of aryl methyl sites for hydroxylation is 1. The van der Waals surface area contributed by atoms with Gasteiger partial charge in [-0.1, -0.05) is 65.3 Å². The Labute approximate surface area is 117 Å². The summed E-state index contributed by atoms with van der Waals surface area (Å²) in [5.74, 6) is 0.916. The molecule has 94 valence electrons. The Bertz CT molecular complexity index is 505. The third kappa shape index (κ3) is 2.75. The molecule has 2 aromatic carbocycles. The molecule has 0 spiro atoms. The van der Waals surface area contributed by atoms with Crippen molar-refractivity contribution in [2.75, 3.05) is 7.11 Å². The lowest BCUT2D eigenvalue weighted by atomic mass is 10.0. The van der Waals surface area contributed by atoms with Crippen molar-refractivity contribution in [2.24, 2.45) is 0 Å². The summed E-state index contributed by atoms with van der Waals surface area (Å²) in [5, 5.41) is 0. The van der Waals surface area contributed by atoms with Crippen molar-refractivity contribution in [3.63, 3.8) is 0 Å². The van der Waals surface area contributed by atoms with Crippen molar-refractivity contribution in [1.82, 2.24) is 0 Å². The molecule has 0 N–H and O–H groups in total. The largest absolute Gasteiger partial charge is 0.496 e. The van der Waals surface area contributed by atoms with Gasteiger partial charge in [0.2, 0.25) is 0 Å². The second-order valence-corrected chi connectivity index (χ2v) is 5.12. The number of benzene rings is 2. The van der Waals surface area contributed by atoms with Gasteiger partial charge in [0, 0.05) is 5.56 Å². The monoisotopic (exact) mass is 304 g/mol. The molecule has 0 aliphatic heterocycles. The summed E-state index contributed by atoms with van der Waals surface area (Å²) in [7, 11) is 1.71. The first-order valence-corrected chi connectivity index (χ1v) is 7.03. The van der Waals surface area contributed by atoms with E-state index in [-0.39, 0.29) is 4.83 Å². The zero-order valence-corrected chi connectivity index (χ0v) is 12.3. The lowest BCUT2D eigenvalue weighted by molar-refractivity contribution is 0.410. The van der Waals surface area contributed by atoms with Gasteiger partial charge in [-0.3, -0.25) is 0 Å². The zero-order chi connectivity index (χ0) is 13.0. The van der Waals surface area contributed by atoms with Gasteiger partial charge < -0.3 is 4.74 Å². The predicted octanol–water partition coefficient (Wildman–Crippen LogP) is 4.74. The third-order valence-corrected chi connectivity index (χ3v) is 4.11. The Morgan fingerprint density at radius 3 is 2.33 bits per heavy atom. The number of hydrogen-bond acceptors (Lipinski definition) is 1. The van der Waals surface area contributed by atoms with Crippen molar-refractivity contribution in [1.29, 1.82) is 0 Å². The van der Waals surface area contributed by atoms with Crippen LogP contribution in [-0.2, 0) is 6.42 Å². The van der Waals surface area contributed by atoms with E-state index >= 15 is 0 Å². The van der Waals surface area contributed by atoms with Gasteiger partial charge in [-0.15, -0.1) is 0 Å². The average molecular weight is 305 g/mol. The van der Waals surface area contributed by atoms with Crippen molar-refractivity contribution in [3.05, 3.63) is 65.2 Å². The molecular weight excluding hydrogens is 288 g/mol. The predicted molar refractivity (Wildman–Crippen MR) is 79.6 cm³/mol. The fourth-order valence-corrected chi connectivity index (χ4v) is 2.66. The molecule has 2 aromatic rings. The van der Waals surface area contributed by atoms with Gasteiger partial charge in [0.1, 0.15) is 5.75 Å². The van der Waals surface area contributed by atoms with Crippen LogP contribution < -0.4 is 4.74 Å². The molecule has 2 rings (SSSR count). The summed E-state index contributed by atoms with van der Waals surface area (Å²) in [5.41, 5.74) is 3.76. The lowest BCUT2D eigenvalue weighted by Gasteiger charge is -2.14. The van der Waals surface area contributed by atoms with E-state index in [2.05, 4.69) is 53.2 Å². The number of hydrogen-bond donors (Lipinski definition) is 0. The van der Waals surface area contributed by atoms with Gasteiger partial charge >= 0.3 is 0 Å². The summed E-state index contributed by atoms with van der Waals surface area (Å²) in [6.45, 7) is 2.17. The Balaban J connectivity index is 2.31. The van der Waals surface area contributed by atoms with Gasteiger partial charge in [0.15, 0.2) is 0 Å². The molecule has 1 atom stereocenters. The Morgan fingerprint density at radius 1 is 1.06 bits per heavy atom. The molecule has 18 heavy (non-hydrogen) atoms. The van der Waals surface area contributed by atoms with Gasteiger partial charge in [-0.05, 0) is 23.6 Å². The van der Waals surface area contributed by atoms with E-state index in [1.165, 1.54) is 11.1 Å². The minimum absolute atomic E-state index is 0.166. The van der Waals surface area contributed by atoms with Crippen LogP contribution in [0.15, 0.2) is 48.5 Å². The number of ether oxygens (including phenoxy) is 1. The van der Waals surface area contributed by atoms with Gasteiger partial charge in [-0.2, -0.15) is 0 Å². The van der Waals surface area contributed by atoms with Gasteiger partial charge in [-0.25, -0.2) is 0 Å². The molecule has 0 fully saturated rings. The first-order valence-electron chi connectivity index (χ1n) is 6.12. The normalized spacial score (nSPS) is 12.2. The molecule has 0 radical (unpaired) electrons. The lowest BCUT2D eigenvalue weighted by Crippen LogP contribution is -1.97. The summed E-state index contributed by atoms with van der Waals surface area (Å²) in [6, 6.07) is 16.8. The van der Waals surface area contributed by atoms with Crippen LogP contribution in [0, 0.1) is 0 Å². The van der Waals surface area contributed by atoms with E-state index in [1.54, 1.807) is 7.11 Å². The topological polar surface area (TPSA) is 9.23 Å². The highest BCUT2D eigenvalue weighted by atomic mass is 79.9. The van der Waals surface area contributed by atoms with Crippen LogP contribution in [0.4, 0.5) is 0 Å². The van der Waals surface area contributed by atoms with Crippen molar-refractivity contribution < 1.29 is 4.74 Å². The minimum Gasteiger partial charge on any atom is -0.496 e. The molecule has 1 nitrogen and oxygen atoms in total. The SMILES string of the molecule is CCc1ccc(C(Br)c2ccccc2OC)cc1. The van der Waals surface area contributed by atoms with E-state index < -0.39 is 0 Å². The maximum Gasteiger partial charge on any atom is 0.123 e. The number of para-hydroxylation sites is 1. The smallest absolute Gasteiger partial charge is 0.123 e. The number of alkyl halides is 1. The van der Waals surface area contributed by atoms with Crippen LogP contribution >= 0.6 is 15.9 Å². The maximum absolute atomic E-state index is 5.40. The van der Waals surface area contributed by atoms with Crippen LogP contribution in [0.3, 0.4) is 0 Å². The molecule has 0 saturated carbocycles. The van der Waals surface area contributed by atoms with Crippen LogP contribution in [0.2, 0.25) is 0 Å². The molecule has 0 saturated heterocycles. The van der Waals surface area contributed by atoms with Crippen molar-refractivity contribution >= 4 is 15.9 Å². The van der Waals surface area contributed by atoms with E-state index in [0.29, 0.717) is 0 Å². The molecule has 0 amide bonds. The quantitative estimate of drug-likeness (QED) is 0.741. The highest BCUT2D eigenvalue weighted by Gasteiger charge is 2.14. The molecule has 0 aliphatic carbocycles. The fourth-order valence-electron chi connectivity index (χ4n) is 1.98. The van der Waals surface area contributed by atoms with Crippen LogP contribution in [-0.4, -0.2) is 7.11 Å². The average Bonchev–Trinajstić information content (AvgIpc) is 2.46. The van der Waals surface area contributed by atoms with Crippen molar-refractivity contribution in [2.45, 2.75) is 18.2 Å². The van der Waals surface area contributed by atoms with Gasteiger partial charge in [0.05, 0.1) is 11.9 Å². The molecule has 0 aliphatic rings. The van der Waals surface area contributed by atoms with Crippen LogP contribution in [0.1, 0.15) is 28.4 Å². The number of halogens is 1. The Hall–Kier alpha value is -1.28. The van der Waals surface area contributed by atoms with Crippen molar-refractivity contribution in [3.8, 4) is 5.75 Å². The van der Waals surface area contributed by atoms with E-state index in [9.17, 15) is 0 Å². The summed E-state index contributed by atoms with van der Waals surface area (Å²) in [6.07, 6.45) is 1.07. The molecule has 0 bridgehead atoms. The molecule has 0 aromatic heterocycles. The second-order valence-electron chi connectivity index (χ2n) is 4.20. The zero-order valence-electron chi connectivity index (χ0n) is 10.7. The Kier molecular flexibility index (Phi) is 4.43. The highest BCUT2D eigenvalue weighted by molar-refractivity contribution is 9.09. The van der Waals surface area contributed by atoms with E-state index in [1.807, 2.05) is 18.2 Å². The van der Waals surface area contributed by atoms with Crippen LogP contribution in [0.5, 0.6) is 5.75 Å². The molecule has 1 unspecified atom stereocenters. The summed E-state index contributed by atoms with van der Waals surface area (Å²) in [4.78, 5) is 0.166. The third-order valence-electron chi connectivity index (χ3n) is 3.09. The number of rotatable bonds is 4. The van der Waals surface area contributed by atoms with Gasteiger partial charge in [0.25, 0.3) is 0 Å². The summed E-state index contributed by atoms with van der Waals surface area (Å²) >= 11 is 3.75. The fraction of sp³-hybridized carbons (Fsp3) is 0.250. The standard InChI is InChI=1S/C16H17BrO/c1-3-12-8-10-13(11-9-12)16(17)14-6-4-5-7-15(14)18-2/h4-11,16H,3H2,1-2H3. The highest BCUT2D eigenvalue weighted by Crippen LogP contribution is 2.36. The Morgan fingerprint density at radius 2 is 1.72 bits per heavy atom. The van der Waals surface area contributed by atoms with E-state index in [4.69, 9.17) is 4.74 Å². The van der Waals surface area contributed by atoms with Crippen LogP contribution in [0.25, 0.3) is 0 Å². The number of methoxy groups -OCH3 is 1. The molecule has 0 heterocycles. The van der Waals surface area contributed by atoms with E-state index in [0.717, 1.165) is 17.7 Å². The summed E-state index contributed by atoms with van der Waals surface area (Å²) < 4.78 is 5.40. The first-order chi connectivity index (χ1) is 8.76. The minimum atomic E-state index is 0.166. The maximum atomic E-state index is 5.40. The first kappa shape index (κ1) is 13.2.